The average Bonchev–Trinajstić information content (AvgIpc) is 3.20. The first-order chi connectivity index (χ1) is 9.19. The molecule has 19 heavy (non-hydrogen) atoms. The van der Waals surface area contributed by atoms with Gasteiger partial charge in [0.25, 0.3) is 0 Å². The van der Waals surface area contributed by atoms with Crippen LogP contribution in [0.1, 0.15) is 57.2 Å². The molecule has 1 saturated carbocycles. The van der Waals surface area contributed by atoms with Crippen molar-refractivity contribution >= 4 is 0 Å². The lowest BCUT2D eigenvalue weighted by Crippen LogP contribution is -2.13. The second kappa shape index (κ2) is 6.90. The normalized spacial score (nSPS) is 14.9. The molecule has 1 aliphatic carbocycles. The SMILES string of the molecule is CCNCc1cc(OCCC2CC2)nc(C(C)C)c1. The molecule has 0 atom stereocenters. The van der Waals surface area contributed by atoms with Crippen molar-refractivity contribution in [1.82, 2.24) is 10.3 Å². The van der Waals surface area contributed by atoms with Crippen LogP contribution in [0, 0.1) is 5.92 Å². The van der Waals surface area contributed by atoms with Gasteiger partial charge in [0.15, 0.2) is 0 Å². The highest BCUT2D eigenvalue weighted by atomic mass is 16.5. The highest BCUT2D eigenvalue weighted by Gasteiger charge is 2.20. The molecule has 1 N–H and O–H groups in total. The van der Waals surface area contributed by atoms with E-state index in [1.54, 1.807) is 0 Å². The van der Waals surface area contributed by atoms with E-state index in [0.29, 0.717) is 5.92 Å². The summed E-state index contributed by atoms with van der Waals surface area (Å²) in [5.74, 6) is 2.14. The average molecular weight is 262 g/mol. The molecule has 0 unspecified atom stereocenters. The quantitative estimate of drug-likeness (QED) is 0.778. The zero-order chi connectivity index (χ0) is 13.7. The second-order valence-electron chi connectivity index (χ2n) is 5.75. The van der Waals surface area contributed by atoms with E-state index >= 15 is 0 Å². The van der Waals surface area contributed by atoms with Gasteiger partial charge in [0.05, 0.1) is 6.61 Å². The predicted molar refractivity (Wildman–Crippen MR) is 78.5 cm³/mol. The molecule has 1 aliphatic rings. The van der Waals surface area contributed by atoms with Gasteiger partial charge in [-0.25, -0.2) is 4.98 Å². The smallest absolute Gasteiger partial charge is 0.213 e. The van der Waals surface area contributed by atoms with E-state index in [9.17, 15) is 0 Å². The Labute approximate surface area is 116 Å². The van der Waals surface area contributed by atoms with Gasteiger partial charge in [-0.15, -0.1) is 0 Å². The van der Waals surface area contributed by atoms with E-state index in [2.05, 4.69) is 43.2 Å². The molecule has 0 spiro atoms. The lowest BCUT2D eigenvalue weighted by molar-refractivity contribution is 0.290. The van der Waals surface area contributed by atoms with Crippen molar-refractivity contribution in [3.63, 3.8) is 0 Å². The van der Waals surface area contributed by atoms with Crippen LogP contribution in [0.25, 0.3) is 0 Å². The Bertz CT molecular complexity index is 400. The predicted octanol–water partition coefficient (Wildman–Crippen LogP) is 3.49. The monoisotopic (exact) mass is 262 g/mol. The van der Waals surface area contributed by atoms with E-state index in [1.807, 2.05) is 0 Å². The van der Waals surface area contributed by atoms with Gasteiger partial charge in [-0.2, -0.15) is 0 Å². The van der Waals surface area contributed by atoms with Crippen LogP contribution in [0.15, 0.2) is 12.1 Å². The molecule has 0 amide bonds. The Morgan fingerprint density at radius 1 is 1.37 bits per heavy atom. The Kier molecular flexibility index (Phi) is 5.20. The molecule has 0 radical (unpaired) electrons. The summed E-state index contributed by atoms with van der Waals surface area (Å²) in [6.07, 6.45) is 3.94. The molecule has 0 bridgehead atoms. The third kappa shape index (κ3) is 4.83. The van der Waals surface area contributed by atoms with Gasteiger partial charge in [0.1, 0.15) is 0 Å². The molecule has 3 nitrogen and oxygen atoms in total. The molecule has 1 heterocycles. The Hall–Kier alpha value is -1.09. The number of hydrogen-bond acceptors (Lipinski definition) is 3. The third-order valence-corrected chi connectivity index (χ3v) is 3.53. The van der Waals surface area contributed by atoms with Crippen LogP contribution in [-0.4, -0.2) is 18.1 Å². The van der Waals surface area contributed by atoms with Gasteiger partial charge in [0.2, 0.25) is 5.88 Å². The van der Waals surface area contributed by atoms with E-state index in [4.69, 9.17) is 4.74 Å². The fourth-order valence-corrected chi connectivity index (χ4v) is 2.06. The molecule has 106 valence electrons. The minimum absolute atomic E-state index is 0.437. The summed E-state index contributed by atoms with van der Waals surface area (Å²) in [5, 5.41) is 3.36. The van der Waals surface area contributed by atoms with Gasteiger partial charge in [0, 0.05) is 18.3 Å². The number of nitrogens with zero attached hydrogens (tertiary/aromatic N) is 1. The summed E-state index contributed by atoms with van der Waals surface area (Å²) < 4.78 is 5.83. The number of nitrogens with one attached hydrogen (secondary N) is 1. The highest BCUT2D eigenvalue weighted by molar-refractivity contribution is 5.26. The van der Waals surface area contributed by atoms with Crippen LogP contribution in [0.4, 0.5) is 0 Å². The molecule has 3 heteroatoms. The first-order valence-corrected chi connectivity index (χ1v) is 7.53. The molecule has 1 fully saturated rings. The Balaban J connectivity index is 1.99. The number of ether oxygens (including phenoxy) is 1. The van der Waals surface area contributed by atoms with Crippen LogP contribution in [-0.2, 0) is 6.54 Å². The molecule has 0 aromatic carbocycles. The van der Waals surface area contributed by atoms with Crippen molar-refractivity contribution in [2.45, 2.75) is 52.5 Å². The van der Waals surface area contributed by atoms with Crippen LogP contribution in [0.3, 0.4) is 0 Å². The summed E-state index contributed by atoms with van der Waals surface area (Å²) >= 11 is 0. The highest BCUT2D eigenvalue weighted by Crippen LogP contribution is 2.32. The molecule has 1 aromatic heterocycles. The maximum atomic E-state index is 5.83. The summed E-state index contributed by atoms with van der Waals surface area (Å²) in [6, 6.07) is 4.25. The van der Waals surface area contributed by atoms with Crippen molar-refractivity contribution in [3.8, 4) is 5.88 Å². The van der Waals surface area contributed by atoms with Gasteiger partial charge < -0.3 is 10.1 Å². The fourth-order valence-electron chi connectivity index (χ4n) is 2.06. The third-order valence-electron chi connectivity index (χ3n) is 3.53. The minimum atomic E-state index is 0.437. The maximum absolute atomic E-state index is 5.83. The molecular formula is C16H26N2O. The molecular weight excluding hydrogens is 236 g/mol. The van der Waals surface area contributed by atoms with Gasteiger partial charge >= 0.3 is 0 Å². The lowest BCUT2D eigenvalue weighted by atomic mass is 10.1. The molecule has 0 aliphatic heterocycles. The number of hydrogen-bond donors (Lipinski definition) is 1. The Morgan fingerprint density at radius 2 is 2.16 bits per heavy atom. The van der Waals surface area contributed by atoms with E-state index in [-0.39, 0.29) is 0 Å². The minimum Gasteiger partial charge on any atom is -0.478 e. The van der Waals surface area contributed by atoms with Crippen molar-refractivity contribution in [2.24, 2.45) is 5.92 Å². The van der Waals surface area contributed by atoms with E-state index in [1.165, 1.54) is 24.8 Å². The van der Waals surface area contributed by atoms with Crippen LogP contribution in [0.5, 0.6) is 5.88 Å². The van der Waals surface area contributed by atoms with Crippen molar-refractivity contribution in [2.75, 3.05) is 13.2 Å². The number of aromatic nitrogens is 1. The molecule has 1 aromatic rings. The first kappa shape index (κ1) is 14.3. The zero-order valence-corrected chi connectivity index (χ0v) is 12.4. The van der Waals surface area contributed by atoms with Crippen molar-refractivity contribution < 1.29 is 4.74 Å². The largest absolute Gasteiger partial charge is 0.478 e. The van der Waals surface area contributed by atoms with Crippen LogP contribution < -0.4 is 10.1 Å². The molecule has 0 saturated heterocycles. The standard InChI is InChI=1S/C16H26N2O/c1-4-17-11-14-9-15(12(2)3)18-16(10-14)19-8-7-13-5-6-13/h9-10,12-13,17H,4-8,11H2,1-3H3. The zero-order valence-electron chi connectivity index (χ0n) is 12.4. The lowest BCUT2D eigenvalue weighted by Gasteiger charge is -2.12. The summed E-state index contributed by atoms with van der Waals surface area (Å²) in [6.45, 7) is 9.15. The van der Waals surface area contributed by atoms with E-state index in [0.717, 1.165) is 37.2 Å². The van der Waals surface area contributed by atoms with E-state index < -0.39 is 0 Å². The Morgan fingerprint density at radius 3 is 2.79 bits per heavy atom. The fraction of sp³-hybridized carbons (Fsp3) is 0.688. The summed E-state index contributed by atoms with van der Waals surface area (Å²) in [7, 11) is 0. The topological polar surface area (TPSA) is 34.1 Å². The molecule has 2 rings (SSSR count). The number of pyridine rings is 1. The number of rotatable bonds is 8. The van der Waals surface area contributed by atoms with Crippen molar-refractivity contribution in [1.29, 1.82) is 0 Å². The van der Waals surface area contributed by atoms with Crippen molar-refractivity contribution in [3.05, 3.63) is 23.4 Å². The van der Waals surface area contributed by atoms with Crippen LogP contribution in [0.2, 0.25) is 0 Å². The summed E-state index contributed by atoms with van der Waals surface area (Å²) in [5.41, 5.74) is 2.39. The van der Waals surface area contributed by atoms with Gasteiger partial charge in [-0.1, -0.05) is 33.6 Å². The van der Waals surface area contributed by atoms with Gasteiger partial charge in [-0.3, -0.25) is 0 Å². The first-order valence-electron chi connectivity index (χ1n) is 7.53. The second-order valence-corrected chi connectivity index (χ2v) is 5.75. The summed E-state index contributed by atoms with van der Waals surface area (Å²) in [4.78, 5) is 4.61. The van der Waals surface area contributed by atoms with Crippen LogP contribution >= 0.6 is 0 Å². The maximum Gasteiger partial charge on any atom is 0.213 e. The van der Waals surface area contributed by atoms with Gasteiger partial charge in [-0.05, 0) is 36.4 Å².